The number of esters is 2. The highest BCUT2D eigenvalue weighted by atomic mass is 35.5. The number of hydrogen-bond acceptors (Lipinski definition) is 7. The molecule has 31 heavy (non-hydrogen) atoms. The molecule has 1 aliphatic heterocycles. The van der Waals surface area contributed by atoms with Gasteiger partial charge in [-0.15, -0.1) is 0 Å². The number of hydrogen-bond donors (Lipinski definition) is 1. The molecule has 0 unspecified atom stereocenters. The summed E-state index contributed by atoms with van der Waals surface area (Å²) in [5, 5.41) is 9.43. The number of ether oxygens (including phenoxy) is 2. The van der Waals surface area contributed by atoms with Crippen LogP contribution in [0.5, 0.6) is 0 Å². The highest BCUT2D eigenvalue weighted by Crippen LogP contribution is 2.44. The van der Waals surface area contributed by atoms with Crippen LogP contribution >= 0.6 is 23.4 Å². The van der Waals surface area contributed by atoms with E-state index in [1.165, 1.54) is 0 Å². The monoisotopic (exact) mass is 455 g/mol. The Labute approximate surface area is 188 Å². The summed E-state index contributed by atoms with van der Waals surface area (Å²) >= 11 is 7.41. The Bertz CT molecular complexity index is 1080. The lowest BCUT2D eigenvalue weighted by Crippen LogP contribution is -2.41. The van der Waals surface area contributed by atoms with Crippen LogP contribution < -0.4 is 0 Å². The van der Waals surface area contributed by atoms with Crippen molar-refractivity contribution in [3.63, 3.8) is 0 Å². The van der Waals surface area contributed by atoms with E-state index >= 15 is 0 Å². The maximum Gasteiger partial charge on any atom is 0.421 e. The summed E-state index contributed by atoms with van der Waals surface area (Å²) in [5.41, 5.74) is 2.68. The van der Waals surface area contributed by atoms with Gasteiger partial charge in [0.05, 0.1) is 0 Å². The van der Waals surface area contributed by atoms with Crippen molar-refractivity contribution in [1.82, 2.24) is 4.98 Å². The van der Waals surface area contributed by atoms with Crippen molar-refractivity contribution < 1.29 is 24.2 Å². The number of rotatable bonds is 7. The second kappa shape index (κ2) is 9.09. The number of halogens is 1. The largest absolute Gasteiger partial charge is 0.421 e. The zero-order valence-electron chi connectivity index (χ0n) is 16.2. The lowest BCUT2D eigenvalue weighted by Gasteiger charge is -2.29. The topological polar surface area (TPSA) is 85.7 Å². The zero-order chi connectivity index (χ0) is 21.8. The number of carbonyl (C=O) groups is 2. The fourth-order valence-corrected chi connectivity index (χ4v) is 4.69. The molecule has 0 aliphatic carbocycles. The van der Waals surface area contributed by atoms with E-state index in [1.54, 1.807) is 30.6 Å². The summed E-state index contributed by atoms with van der Waals surface area (Å²) in [5.74, 6) is -2.28. The van der Waals surface area contributed by atoms with E-state index < -0.39 is 23.2 Å². The van der Waals surface area contributed by atoms with Gasteiger partial charge in [-0.1, -0.05) is 54.1 Å². The quantitative estimate of drug-likeness (QED) is 0.421. The van der Waals surface area contributed by atoms with Crippen molar-refractivity contribution >= 4 is 35.3 Å². The third-order valence-electron chi connectivity index (χ3n) is 4.76. The van der Waals surface area contributed by atoms with E-state index in [0.29, 0.717) is 16.3 Å². The molecule has 4 rings (SSSR count). The highest BCUT2D eigenvalue weighted by Gasteiger charge is 2.54. The standard InChI is InChI=1S/C23H18ClNO5S/c24-19-13-17(9-10-18(19)16-6-2-1-3-7-16)31-23(29-21(27)22(28)30-23)20(26)11-8-15-5-4-12-25-14-15/h1-7,9-10,12-14,20,26H,8,11H2/t20-/m0/s1. The van der Waals surface area contributed by atoms with Crippen molar-refractivity contribution in [2.45, 2.75) is 29.0 Å². The van der Waals surface area contributed by atoms with Gasteiger partial charge in [0.25, 0.3) is 0 Å². The van der Waals surface area contributed by atoms with Crippen LogP contribution in [-0.2, 0) is 25.5 Å². The molecular weight excluding hydrogens is 438 g/mol. The molecule has 6 nitrogen and oxygen atoms in total. The van der Waals surface area contributed by atoms with Gasteiger partial charge in [-0.05, 0) is 53.9 Å². The molecule has 3 aromatic rings. The van der Waals surface area contributed by atoms with E-state index in [1.807, 2.05) is 42.5 Å². The molecule has 2 heterocycles. The van der Waals surface area contributed by atoms with Crippen LogP contribution in [0.3, 0.4) is 0 Å². The maximum atomic E-state index is 11.8. The molecule has 1 aliphatic rings. The van der Waals surface area contributed by atoms with E-state index in [2.05, 4.69) is 4.98 Å². The smallest absolute Gasteiger partial charge is 0.401 e. The number of aliphatic hydroxyl groups is 1. The zero-order valence-corrected chi connectivity index (χ0v) is 17.8. The first-order valence-corrected chi connectivity index (χ1v) is 10.7. The van der Waals surface area contributed by atoms with Gasteiger partial charge in [0.2, 0.25) is 0 Å². The first kappa shape index (κ1) is 21.4. The SMILES string of the molecule is O=C1OC(Sc2ccc(-c3ccccc3)c(Cl)c2)([C@@H](O)CCc2cccnc2)OC1=O. The van der Waals surface area contributed by atoms with E-state index in [9.17, 15) is 14.7 Å². The van der Waals surface area contributed by atoms with Crippen molar-refractivity contribution in [3.05, 3.63) is 83.6 Å². The second-order valence-electron chi connectivity index (χ2n) is 6.91. The minimum Gasteiger partial charge on any atom is -0.401 e. The van der Waals surface area contributed by atoms with Gasteiger partial charge in [0, 0.05) is 27.9 Å². The summed E-state index contributed by atoms with van der Waals surface area (Å²) in [6.07, 6.45) is 2.72. The number of pyridine rings is 1. The number of aliphatic hydroxyl groups excluding tert-OH is 1. The van der Waals surface area contributed by atoms with Gasteiger partial charge in [-0.25, -0.2) is 9.59 Å². The molecule has 0 radical (unpaired) electrons. The van der Waals surface area contributed by atoms with Gasteiger partial charge < -0.3 is 14.6 Å². The van der Waals surface area contributed by atoms with Crippen LogP contribution in [0, 0.1) is 0 Å². The van der Waals surface area contributed by atoms with E-state index in [0.717, 1.165) is 28.5 Å². The number of nitrogens with zero attached hydrogens (tertiary/aromatic N) is 1. The summed E-state index contributed by atoms with van der Waals surface area (Å²) in [6, 6.07) is 18.6. The second-order valence-corrected chi connectivity index (χ2v) is 8.56. The fourth-order valence-electron chi connectivity index (χ4n) is 3.21. The first-order chi connectivity index (χ1) is 15.0. The van der Waals surface area contributed by atoms with Crippen molar-refractivity contribution in [2.24, 2.45) is 0 Å². The summed E-state index contributed by atoms with van der Waals surface area (Å²) in [4.78, 5) is 28.2. The van der Waals surface area contributed by atoms with E-state index in [4.69, 9.17) is 21.1 Å². The third-order valence-corrected chi connectivity index (χ3v) is 6.28. The Morgan fingerprint density at radius 1 is 1.03 bits per heavy atom. The van der Waals surface area contributed by atoms with Gasteiger partial charge in [-0.2, -0.15) is 0 Å². The Balaban J connectivity index is 1.56. The Morgan fingerprint density at radius 2 is 1.77 bits per heavy atom. The molecule has 158 valence electrons. The summed E-state index contributed by atoms with van der Waals surface area (Å²) < 4.78 is 10.4. The average molecular weight is 456 g/mol. The number of benzene rings is 2. The molecule has 1 N–H and O–H groups in total. The molecule has 1 aromatic heterocycles. The molecular formula is C23H18ClNO5S. The summed E-state index contributed by atoms with van der Waals surface area (Å²) in [6.45, 7) is 0. The molecule has 1 saturated heterocycles. The maximum absolute atomic E-state index is 11.8. The highest BCUT2D eigenvalue weighted by molar-refractivity contribution is 8.00. The lowest BCUT2D eigenvalue weighted by atomic mass is 10.1. The number of cyclic esters (lactones) is 2. The lowest BCUT2D eigenvalue weighted by molar-refractivity contribution is -0.174. The normalized spacial score (nSPS) is 15.9. The number of carbonyl (C=O) groups excluding carboxylic acids is 2. The number of aromatic nitrogens is 1. The minimum absolute atomic E-state index is 0.190. The van der Waals surface area contributed by atoms with Crippen molar-refractivity contribution in [1.29, 1.82) is 0 Å². The Hall–Kier alpha value is -2.87. The van der Waals surface area contributed by atoms with Crippen LogP contribution in [0.15, 0.2) is 78.0 Å². The van der Waals surface area contributed by atoms with Gasteiger partial charge in [0.1, 0.15) is 6.10 Å². The summed E-state index contributed by atoms with van der Waals surface area (Å²) in [7, 11) is 0. The molecule has 8 heteroatoms. The first-order valence-electron chi connectivity index (χ1n) is 9.54. The van der Waals surface area contributed by atoms with Gasteiger partial charge >= 0.3 is 17.1 Å². The Morgan fingerprint density at radius 3 is 2.42 bits per heavy atom. The van der Waals surface area contributed by atoms with Crippen molar-refractivity contribution in [2.75, 3.05) is 0 Å². The van der Waals surface area contributed by atoms with Crippen LogP contribution in [-0.4, -0.2) is 33.3 Å². The van der Waals surface area contributed by atoms with E-state index in [-0.39, 0.29) is 6.42 Å². The molecule has 2 aromatic carbocycles. The average Bonchev–Trinajstić information content (AvgIpc) is 3.07. The van der Waals surface area contributed by atoms with Gasteiger partial charge in [-0.3, -0.25) is 4.98 Å². The molecule has 0 bridgehead atoms. The molecule has 0 amide bonds. The van der Waals surface area contributed by atoms with Gasteiger partial charge in [0.15, 0.2) is 0 Å². The van der Waals surface area contributed by atoms with Crippen LogP contribution in [0.1, 0.15) is 12.0 Å². The molecule has 1 atom stereocenters. The number of aryl methyl sites for hydroxylation is 1. The fraction of sp³-hybridized carbons (Fsp3) is 0.174. The number of thioether (sulfide) groups is 1. The molecule has 1 fully saturated rings. The van der Waals surface area contributed by atoms with Crippen molar-refractivity contribution in [3.8, 4) is 11.1 Å². The predicted molar refractivity (Wildman–Crippen MR) is 116 cm³/mol. The molecule has 0 saturated carbocycles. The minimum atomic E-state index is -1.88. The third kappa shape index (κ3) is 4.74. The van der Waals surface area contributed by atoms with Crippen LogP contribution in [0.4, 0.5) is 0 Å². The van der Waals surface area contributed by atoms with Crippen LogP contribution in [0.2, 0.25) is 5.02 Å². The Kier molecular flexibility index (Phi) is 6.27. The predicted octanol–water partition coefficient (Wildman–Crippen LogP) is 4.24. The molecule has 0 spiro atoms. The van der Waals surface area contributed by atoms with Crippen LogP contribution in [0.25, 0.3) is 11.1 Å².